The summed E-state index contributed by atoms with van der Waals surface area (Å²) in [6.45, 7) is 2.14. The summed E-state index contributed by atoms with van der Waals surface area (Å²) in [7, 11) is -3.72. The predicted octanol–water partition coefficient (Wildman–Crippen LogP) is 2.07. The van der Waals surface area contributed by atoms with Crippen molar-refractivity contribution in [1.29, 1.82) is 0 Å². The van der Waals surface area contributed by atoms with Crippen LogP contribution >= 0.6 is 0 Å². The first-order valence-electron chi connectivity index (χ1n) is 6.60. The second-order valence-corrected chi connectivity index (χ2v) is 6.33. The lowest BCUT2D eigenvalue weighted by molar-refractivity contribution is 0.475. The van der Waals surface area contributed by atoms with E-state index < -0.39 is 10.0 Å². The molecule has 0 unspecified atom stereocenters. The molecule has 0 saturated carbocycles. The first-order valence-corrected chi connectivity index (χ1v) is 8.04. The van der Waals surface area contributed by atoms with Crippen molar-refractivity contribution in [2.45, 2.75) is 18.4 Å². The molecule has 21 heavy (non-hydrogen) atoms. The highest BCUT2D eigenvalue weighted by atomic mass is 32.2. The Kier molecular flexibility index (Phi) is 4.50. The van der Waals surface area contributed by atoms with Crippen LogP contribution in [-0.4, -0.2) is 20.1 Å². The molecule has 5 nitrogen and oxygen atoms in total. The molecule has 0 saturated heterocycles. The van der Waals surface area contributed by atoms with E-state index in [9.17, 15) is 13.5 Å². The third kappa shape index (κ3) is 3.01. The normalized spacial score (nSPS) is 11.3. The average molecular weight is 306 g/mol. The van der Waals surface area contributed by atoms with Gasteiger partial charge in [0.05, 0.1) is 10.6 Å². The van der Waals surface area contributed by atoms with Crippen LogP contribution in [0.1, 0.15) is 12.5 Å². The zero-order valence-electron chi connectivity index (χ0n) is 11.7. The number of phenolic OH excluding ortho intramolecular Hbond substituents is 1. The van der Waals surface area contributed by atoms with E-state index in [1.165, 1.54) is 16.4 Å². The fraction of sp³-hybridized carbons (Fsp3) is 0.200. The smallest absolute Gasteiger partial charge is 0.264 e. The fourth-order valence-electron chi connectivity index (χ4n) is 2.18. The van der Waals surface area contributed by atoms with Crippen molar-refractivity contribution in [3.63, 3.8) is 0 Å². The number of phenols is 1. The van der Waals surface area contributed by atoms with Gasteiger partial charge in [0.1, 0.15) is 5.75 Å². The Bertz CT molecular complexity index is 729. The standard InChI is InChI=1S/C15H18N2O3S/c1-2-17(13-7-5-8-14(18)10-13)21(19,20)15-9-4-3-6-12(15)11-16/h3-10,18H,2,11,16H2,1H3. The van der Waals surface area contributed by atoms with E-state index in [2.05, 4.69) is 0 Å². The summed E-state index contributed by atoms with van der Waals surface area (Å²) in [4.78, 5) is 0.192. The van der Waals surface area contributed by atoms with E-state index in [1.54, 1.807) is 43.3 Å². The maximum Gasteiger partial charge on any atom is 0.264 e. The number of rotatable bonds is 5. The van der Waals surface area contributed by atoms with Crippen molar-refractivity contribution in [2.75, 3.05) is 10.8 Å². The maximum atomic E-state index is 12.8. The lowest BCUT2D eigenvalue weighted by Gasteiger charge is -2.24. The third-order valence-electron chi connectivity index (χ3n) is 3.17. The Morgan fingerprint density at radius 3 is 2.48 bits per heavy atom. The Balaban J connectivity index is 2.55. The predicted molar refractivity (Wildman–Crippen MR) is 82.6 cm³/mol. The summed E-state index contributed by atoms with van der Waals surface area (Å²) in [6, 6.07) is 12.8. The van der Waals surface area contributed by atoms with E-state index in [4.69, 9.17) is 5.73 Å². The molecule has 6 heteroatoms. The lowest BCUT2D eigenvalue weighted by Crippen LogP contribution is -2.31. The molecular formula is C15H18N2O3S. The second kappa shape index (κ2) is 6.15. The van der Waals surface area contributed by atoms with Crippen molar-refractivity contribution in [3.05, 3.63) is 54.1 Å². The molecule has 0 aliphatic rings. The SMILES string of the molecule is CCN(c1cccc(O)c1)S(=O)(=O)c1ccccc1CN. The van der Waals surface area contributed by atoms with Crippen LogP contribution in [0, 0.1) is 0 Å². The number of sulfonamides is 1. The van der Waals surface area contributed by atoms with Crippen molar-refractivity contribution in [3.8, 4) is 5.75 Å². The van der Waals surface area contributed by atoms with Crippen LogP contribution in [0.3, 0.4) is 0 Å². The first-order chi connectivity index (χ1) is 10.0. The number of benzene rings is 2. The van der Waals surface area contributed by atoms with Crippen LogP contribution in [0.2, 0.25) is 0 Å². The molecular weight excluding hydrogens is 288 g/mol. The summed E-state index contributed by atoms with van der Waals surface area (Å²) in [6.07, 6.45) is 0. The number of aromatic hydroxyl groups is 1. The third-order valence-corrected chi connectivity index (χ3v) is 5.17. The molecule has 0 aliphatic heterocycles. The van der Waals surface area contributed by atoms with Crippen molar-refractivity contribution in [1.82, 2.24) is 0 Å². The quantitative estimate of drug-likeness (QED) is 0.885. The van der Waals surface area contributed by atoms with Gasteiger partial charge in [-0.1, -0.05) is 24.3 Å². The molecule has 0 atom stereocenters. The molecule has 3 N–H and O–H groups in total. The number of nitrogens with zero attached hydrogens (tertiary/aromatic N) is 1. The van der Waals surface area contributed by atoms with Gasteiger partial charge in [-0.25, -0.2) is 8.42 Å². The van der Waals surface area contributed by atoms with Crippen LogP contribution in [-0.2, 0) is 16.6 Å². The van der Waals surface area contributed by atoms with E-state index in [0.717, 1.165) is 0 Å². The average Bonchev–Trinajstić information content (AvgIpc) is 2.47. The molecule has 112 valence electrons. The first kappa shape index (κ1) is 15.3. The van der Waals surface area contributed by atoms with Gasteiger partial charge in [-0.15, -0.1) is 0 Å². The minimum atomic E-state index is -3.72. The lowest BCUT2D eigenvalue weighted by atomic mass is 10.2. The van der Waals surface area contributed by atoms with Crippen LogP contribution in [0.25, 0.3) is 0 Å². The highest BCUT2D eigenvalue weighted by Gasteiger charge is 2.25. The molecule has 2 aromatic rings. The monoisotopic (exact) mass is 306 g/mol. The largest absolute Gasteiger partial charge is 0.508 e. The van der Waals surface area contributed by atoms with Gasteiger partial charge in [-0.05, 0) is 30.7 Å². The van der Waals surface area contributed by atoms with Gasteiger partial charge >= 0.3 is 0 Å². The van der Waals surface area contributed by atoms with Gasteiger partial charge < -0.3 is 10.8 Å². The molecule has 0 radical (unpaired) electrons. The van der Waals surface area contributed by atoms with Gasteiger partial charge in [0, 0.05) is 19.2 Å². The summed E-state index contributed by atoms with van der Waals surface area (Å²) >= 11 is 0. The Hall–Kier alpha value is -2.05. The maximum absolute atomic E-state index is 12.8. The van der Waals surface area contributed by atoms with Crippen LogP contribution in [0.5, 0.6) is 5.75 Å². The molecule has 0 bridgehead atoms. The Morgan fingerprint density at radius 2 is 1.86 bits per heavy atom. The molecule has 0 amide bonds. The molecule has 2 aromatic carbocycles. The number of anilines is 1. The van der Waals surface area contributed by atoms with Crippen LogP contribution in [0.4, 0.5) is 5.69 Å². The topological polar surface area (TPSA) is 83.6 Å². The molecule has 0 aliphatic carbocycles. The van der Waals surface area contributed by atoms with Gasteiger partial charge in [0.25, 0.3) is 10.0 Å². The van der Waals surface area contributed by atoms with Crippen LogP contribution < -0.4 is 10.0 Å². The van der Waals surface area contributed by atoms with E-state index in [1.807, 2.05) is 0 Å². The molecule has 0 aromatic heterocycles. The zero-order valence-corrected chi connectivity index (χ0v) is 12.5. The minimum Gasteiger partial charge on any atom is -0.508 e. The Labute approximate surface area is 124 Å². The van der Waals surface area contributed by atoms with Crippen molar-refractivity contribution < 1.29 is 13.5 Å². The summed E-state index contributed by atoms with van der Waals surface area (Å²) in [5, 5.41) is 9.55. The van der Waals surface area contributed by atoms with Gasteiger partial charge in [0.2, 0.25) is 0 Å². The van der Waals surface area contributed by atoms with E-state index in [-0.39, 0.29) is 23.7 Å². The highest BCUT2D eigenvalue weighted by molar-refractivity contribution is 7.92. The van der Waals surface area contributed by atoms with Crippen molar-refractivity contribution in [2.24, 2.45) is 5.73 Å². The second-order valence-electron chi connectivity index (χ2n) is 4.50. The van der Waals surface area contributed by atoms with Gasteiger partial charge in [0.15, 0.2) is 0 Å². The molecule has 0 fully saturated rings. The Morgan fingerprint density at radius 1 is 1.14 bits per heavy atom. The van der Waals surface area contributed by atoms with Crippen LogP contribution in [0.15, 0.2) is 53.4 Å². The van der Waals surface area contributed by atoms with Gasteiger partial charge in [-0.3, -0.25) is 4.31 Å². The zero-order chi connectivity index (χ0) is 15.5. The van der Waals surface area contributed by atoms with E-state index in [0.29, 0.717) is 11.3 Å². The number of nitrogens with two attached hydrogens (primary N) is 1. The summed E-state index contributed by atoms with van der Waals surface area (Å²) in [5.74, 6) is 0.0215. The van der Waals surface area contributed by atoms with Gasteiger partial charge in [-0.2, -0.15) is 0 Å². The van der Waals surface area contributed by atoms with E-state index >= 15 is 0 Å². The van der Waals surface area contributed by atoms with Crippen molar-refractivity contribution >= 4 is 15.7 Å². The number of hydrogen-bond donors (Lipinski definition) is 2. The minimum absolute atomic E-state index is 0.0215. The summed E-state index contributed by atoms with van der Waals surface area (Å²) < 4.78 is 26.9. The highest BCUT2D eigenvalue weighted by Crippen LogP contribution is 2.27. The molecule has 2 rings (SSSR count). The number of hydrogen-bond acceptors (Lipinski definition) is 4. The summed E-state index contributed by atoms with van der Waals surface area (Å²) in [5.41, 5.74) is 6.62. The molecule has 0 heterocycles. The molecule has 0 spiro atoms. The fourth-order valence-corrected chi connectivity index (χ4v) is 3.88.